The topological polar surface area (TPSA) is 78.9 Å². The number of nitrogens with zero attached hydrogens (tertiary/aromatic N) is 1. The molecular formula is C18H20N2O4. The van der Waals surface area contributed by atoms with E-state index < -0.39 is 11.9 Å². The van der Waals surface area contributed by atoms with Gasteiger partial charge in [0.05, 0.1) is 6.61 Å². The van der Waals surface area contributed by atoms with Crippen LogP contribution >= 0.6 is 0 Å². The third-order valence-corrected chi connectivity index (χ3v) is 3.43. The van der Waals surface area contributed by atoms with Crippen molar-refractivity contribution in [3.63, 3.8) is 0 Å². The van der Waals surface area contributed by atoms with Crippen molar-refractivity contribution in [1.29, 1.82) is 0 Å². The Morgan fingerprint density at radius 1 is 1.29 bits per heavy atom. The van der Waals surface area contributed by atoms with Gasteiger partial charge in [0, 0.05) is 12.1 Å². The third-order valence-electron chi connectivity index (χ3n) is 3.43. The summed E-state index contributed by atoms with van der Waals surface area (Å²) in [6.07, 6.45) is 5.15. The number of nitrogens with one attached hydrogen (secondary N) is 1. The Kier molecular flexibility index (Phi) is 5.42. The van der Waals surface area contributed by atoms with Crippen LogP contribution < -0.4 is 10.1 Å². The van der Waals surface area contributed by atoms with Crippen LogP contribution in [-0.2, 0) is 11.2 Å². The molecule has 1 saturated heterocycles. The maximum atomic E-state index is 12.2. The monoisotopic (exact) mass is 328 g/mol. The lowest BCUT2D eigenvalue weighted by Crippen LogP contribution is -2.30. The van der Waals surface area contributed by atoms with Gasteiger partial charge in [-0.15, -0.1) is 13.2 Å². The van der Waals surface area contributed by atoms with Crippen molar-refractivity contribution in [2.75, 3.05) is 13.2 Å². The smallest absolute Gasteiger partial charge is 0.329 e. The predicted octanol–water partition coefficient (Wildman–Crippen LogP) is 2.60. The molecule has 0 aliphatic carbocycles. The molecule has 24 heavy (non-hydrogen) atoms. The van der Waals surface area contributed by atoms with Crippen LogP contribution in [0, 0.1) is 0 Å². The lowest BCUT2D eigenvalue weighted by Gasteiger charge is -2.11. The molecule has 2 rings (SSSR count). The maximum absolute atomic E-state index is 12.2. The summed E-state index contributed by atoms with van der Waals surface area (Å²) in [6.45, 7) is 9.54. The number of hydrogen-bond acceptors (Lipinski definition) is 4. The van der Waals surface area contributed by atoms with Gasteiger partial charge in [-0.1, -0.05) is 12.2 Å². The molecule has 126 valence electrons. The number of phenols is 1. The van der Waals surface area contributed by atoms with Gasteiger partial charge >= 0.3 is 6.03 Å². The molecule has 0 spiro atoms. The minimum atomic E-state index is -0.485. The van der Waals surface area contributed by atoms with E-state index in [1.807, 2.05) is 6.92 Å². The van der Waals surface area contributed by atoms with Crippen LogP contribution in [0.25, 0.3) is 6.08 Å². The molecule has 0 saturated carbocycles. The number of allylic oxidation sites excluding steroid dienone is 1. The number of phenolic OH excluding ortho intramolecular Hbond substituents is 1. The molecule has 1 heterocycles. The largest absolute Gasteiger partial charge is 0.504 e. The molecule has 0 aromatic heterocycles. The van der Waals surface area contributed by atoms with Gasteiger partial charge in [0.25, 0.3) is 5.91 Å². The number of rotatable bonds is 7. The van der Waals surface area contributed by atoms with Crippen molar-refractivity contribution in [2.24, 2.45) is 0 Å². The highest BCUT2D eigenvalue weighted by Gasteiger charge is 2.32. The minimum absolute atomic E-state index is 0.0500. The van der Waals surface area contributed by atoms with Crippen LogP contribution in [0.5, 0.6) is 11.5 Å². The van der Waals surface area contributed by atoms with E-state index in [1.54, 1.807) is 24.3 Å². The van der Waals surface area contributed by atoms with Gasteiger partial charge in [0.2, 0.25) is 0 Å². The van der Waals surface area contributed by atoms with Crippen LogP contribution in [0.4, 0.5) is 4.79 Å². The second kappa shape index (κ2) is 7.50. The van der Waals surface area contributed by atoms with E-state index >= 15 is 0 Å². The van der Waals surface area contributed by atoms with Gasteiger partial charge in [-0.05, 0) is 37.1 Å². The number of urea groups is 1. The van der Waals surface area contributed by atoms with Gasteiger partial charge in [0.15, 0.2) is 11.5 Å². The summed E-state index contributed by atoms with van der Waals surface area (Å²) in [5.74, 6) is -0.0476. The number of aromatic hydroxyl groups is 1. The summed E-state index contributed by atoms with van der Waals surface area (Å²) < 4.78 is 5.43. The lowest BCUT2D eigenvalue weighted by atomic mass is 10.0. The Labute approximate surface area is 140 Å². The number of carbonyl (C=O) groups excluding carboxylic acids is 2. The average Bonchev–Trinajstić information content (AvgIpc) is 2.80. The Bertz CT molecular complexity index is 722. The molecule has 6 nitrogen and oxygen atoms in total. The summed E-state index contributed by atoms with van der Waals surface area (Å²) in [6, 6.07) is 2.86. The van der Waals surface area contributed by atoms with Crippen molar-refractivity contribution in [1.82, 2.24) is 10.2 Å². The third kappa shape index (κ3) is 3.48. The summed E-state index contributed by atoms with van der Waals surface area (Å²) >= 11 is 0. The first kappa shape index (κ1) is 17.3. The Balaban J connectivity index is 2.41. The van der Waals surface area contributed by atoms with E-state index in [0.29, 0.717) is 29.9 Å². The summed E-state index contributed by atoms with van der Waals surface area (Å²) in [5.41, 5.74) is 1.43. The number of benzene rings is 1. The first-order chi connectivity index (χ1) is 11.5. The number of amides is 3. The first-order valence-corrected chi connectivity index (χ1v) is 7.56. The molecule has 0 atom stereocenters. The number of ether oxygens (including phenoxy) is 1. The molecule has 3 amide bonds. The number of hydrogen-bond donors (Lipinski definition) is 2. The van der Waals surface area contributed by atoms with Crippen LogP contribution in [-0.4, -0.2) is 35.1 Å². The molecule has 0 unspecified atom stereocenters. The zero-order valence-corrected chi connectivity index (χ0v) is 13.5. The Hall–Kier alpha value is -3.02. The van der Waals surface area contributed by atoms with Crippen molar-refractivity contribution in [3.05, 3.63) is 54.3 Å². The average molecular weight is 328 g/mol. The molecule has 0 bridgehead atoms. The highest BCUT2D eigenvalue weighted by molar-refractivity contribution is 6.14. The zero-order chi connectivity index (χ0) is 17.7. The minimum Gasteiger partial charge on any atom is -0.504 e. The molecular weight excluding hydrogens is 308 g/mol. The fourth-order valence-corrected chi connectivity index (χ4v) is 2.38. The zero-order valence-electron chi connectivity index (χ0n) is 13.5. The summed E-state index contributed by atoms with van der Waals surface area (Å²) in [5, 5.41) is 12.7. The van der Waals surface area contributed by atoms with Crippen molar-refractivity contribution >= 4 is 18.0 Å². The van der Waals surface area contributed by atoms with Crippen molar-refractivity contribution < 1.29 is 19.4 Å². The van der Waals surface area contributed by atoms with E-state index in [0.717, 1.165) is 4.90 Å². The maximum Gasteiger partial charge on any atom is 0.329 e. The molecule has 1 fully saturated rings. The molecule has 2 N–H and O–H groups in total. The van der Waals surface area contributed by atoms with Crippen molar-refractivity contribution in [3.8, 4) is 11.5 Å². The SMILES string of the molecule is C=CCc1cc(C=C2NC(=O)N(CC=C)C2=O)cc(OCC)c1O. The molecule has 1 aromatic carbocycles. The second-order valence-electron chi connectivity index (χ2n) is 5.15. The van der Waals surface area contributed by atoms with Gasteiger partial charge in [-0.25, -0.2) is 4.79 Å². The van der Waals surface area contributed by atoms with Gasteiger partial charge in [-0.2, -0.15) is 0 Å². The Morgan fingerprint density at radius 2 is 2.04 bits per heavy atom. The van der Waals surface area contributed by atoms with Crippen LogP contribution in [0.3, 0.4) is 0 Å². The normalized spacial score (nSPS) is 15.5. The highest BCUT2D eigenvalue weighted by atomic mass is 16.5. The summed E-state index contributed by atoms with van der Waals surface area (Å²) in [7, 11) is 0. The molecule has 6 heteroatoms. The quantitative estimate of drug-likeness (QED) is 0.458. The summed E-state index contributed by atoms with van der Waals surface area (Å²) in [4.78, 5) is 25.1. The van der Waals surface area contributed by atoms with Crippen LogP contribution in [0.15, 0.2) is 43.1 Å². The lowest BCUT2D eigenvalue weighted by molar-refractivity contribution is -0.122. The first-order valence-electron chi connectivity index (χ1n) is 7.56. The molecule has 0 radical (unpaired) electrons. The van der Waals surface area contributed by atoms with Gasteiger partial charge < -0.3 is 15.2 Å². The molecule has 1 aliphatic rings. The molecule has 1 aromatic rings. The van der Waals surface area contributed by atoms with Crippen LogP contribution in [0.2, 0.25) is 0 Å². The van der Waals surface area contributed by atoms with E-state index in [1.165, 1.54) is 6.08 Å². The van der Waals surface area contributed by atoms with E-state index in [4.69, 9.17) is 4.74 Å². The van der Waals surface area contributed by atoms with E-state index in [9.17, 15) is 14.7 Å². The fourth-order valence-electron chi connectivity index (χ4n) is 2.38. The predicted molar refractivity (Wildman–Crippen MR) is 91.6 cm³/mol. The second-order valence-corrected chi connectivity index (χ2v) is 5.15. The van der Waals surface area contributed by atoms with Gasteiger partial charge in [0.1, 0.15) is 5.70 Å². The number of carbonyl (C=O) groups is 2. The van der Waals surface area contributed by atoms with Gasteiger partial charge in [-0.3, -0.25) is 9.69 Å². The number of imide groups is 1. The van der Waals surface area contributed by atoms with E-state index in [2.05, 4.69) is 18.5 Å². The van der Waals surface area contributed by atoms with E-state index in [-0.39, 0.29) is 18.0 Å². The standard InChI is InChI=1S/C18H20N2O4/c1-4-7-13-9-12(11-15(16(13)21)24-6-3)10-14-17(22)20(8-5-2)18(23)19-14/h4-5,9-11,21H,1-2,6-8H2,3H3,(H,19,23). The highest BCUT2D eigenvalue weighted by Crippen LogP contribution is 2.33. The van der Waals surface area contributed by atoms with Crippen molar-refractivity contribution in [2.45, 2.75) is 13.3 Å². The Morgan fingerprint density at radius 3 is 2.67 bits per heavy atom. The molecule has 1 aliphatic heterocycles. The van der Waals surface area contributed by atoms with Crippen LogP contribution in [0.1, 0.15) is 18.1 Å². The fraction of sp³-hybridized carbons (Fsp3) is 0.222.